The fourth-order valence-corrected chi connectivity index (χ4v) is 18.0. The summed E-state index contributed by atoms with van der Waals surface area (Å²) in [5, 5.41) is 13.7. The molecule has 26 rings (SSSR count). The van der Waals surface area contributed by atoms with Gasteiger partial charge in [0.1, 0.15) is 33.5 Å². The molecular weight excluding hydrogens is 1650 g/mol. The Kier molecular flexibility index (Phi) is 20.7. The molecule has 0 aliphatic carbocycles. The first-order valence-corrected chi connectivity index (χ1v) is 45.0. The summed E-state index contributed by atoms with van der Waals surface area (Å²) in [5.74, 6) is 5.51. The van der Waals surface area contributed by atoms with Crippen molar-refractivity contribution in [1.29, 1.82) is 0 Å². The van der Waals surface area contributed by atoms with E-state index in [4.69, 9.17) is 58.1 Å². The molecule has 26 aromatic rings. The van der Waals surface area contributed by atoms with Crippen LogP contribution in [0.1, 0.15) is 0 Å². The maximum absolute atomic E-state index is 6.23. The minimum atomic E-state index is 0.591. The minimum Gasteiger partial charge on any atom is -0.456 e. The molecule has 6 heterocycles. The number of hydrogen-bond donors (Lipinski definition) is 0. The molecule has 632 valence electrons. The Bertz CT molecular complexity index is 9010. The summed E-state index contributed by atoms with van der Waals surface area (Å²) in [6.07, 6.45) is 0. The highest BCUT2D eigenvalue weighted by molar-refractivity contribution is 6.08. The Morgan fingerprint density at radius 3 is 0.630 bits per heavy atom. The number of benzene rings is 20. The van der Waals surface area contributed by atoms with Crippen molar-refractivity contribution in [3.05, 3.63) is 467 Å². The van der Waals surface area contributed by atoms with E-state index >= 15 is 0 Å². The molecule has 0 N–H and O–H groups in total. The van der Waals surface area contributed by atoms with Gasteiger partial charge >= 0.3 is 0 Å². The van der Waals surface area contributed by atoms with Gasteiger partial charge in [0, 0.05) is 82.4 Å². The van der Waals surface area contributed by atoms with Gasteiger partial charge in [0.15, 0.2) is 52.4 Å². The van der Waals surface area contributed by atoms with E-state index in [1.165, 1.54) is 38.1 Å². The summed E-state index contributed by atoms with van der Waals surface area (Å²) < 4.78 is 18.6. The lowest BCUT2D eigenvalue weighted by Gasteiger charge is -2.11. The Balaban J connectivity index is 0.000000111. The summed E-state index contributed by atoms with van der Waals surface area (Å²) in [6.45, 7) is 0. The van der Waals surface area contributed by atoms with Gasteiger partial charge in [-0.3, -0.25) is 0 Å². The molecule has 6 aromatic heterocycles. The van der Waals surface area contributed by atoms with E-state index in [1.807, 2.05) is 97.1 Å². The Hall–Kier alpha value is -18.4. The second-order valence-electron chi connectivity index (χ2n) is 33.5. The summed E-state index contributed by atoms with van der Waals surface area (Å²) >= 11 is 0. The van der Waals surface area contributed by atoms with Gasteiger partial charge in [-0.2, -0.15) is 0 Å². The van der Waals surface area contributed by atoms with Gasteiger partial charge in [-0.1, -0.05) is 376 Å². The summed E-state index contributed by atoms with van der Waals surface area (Å²) in [7, 11) is 0. The molecule has 0 unspecified atom stereocenters. The van der Waals surface area contributed by atoms with E-state index in [0.29, 0.717) is 52.4 Å². The first-order chi connectivity index (χ1) is 66.8. The summed E-state index contributed by atoms with van der Waals surface area (Å²) in [5.41, 5.74) is 24.6. The van der Waals surface area contributed by atoms with Gasteiger partial charge in [-0.25, -0.2) is 44.9 Å². The van der Waals surface area contributed by atoms with Gasteiger partial charge in [0.05, 0.1) is 0 Å². The molecule has 12 heteroatoms. The fraction of sp³-hybridized carbons (Fsp3) is 0. The molecule has 0 saturated heterocycles. The third kappa shape index (κ3) is 16.2. The van der Waals surface area contributed by atoms with Gasteiger partial charge < -0.3 is 13.3 Å². The van der Waals surface area contributed by atoms with Crippen LogP contribution in [0.4, 0.5) is 0 Å². The van der Waals surface area contributed by atoms with Crippen LogP contribution >= 0.6 is 0 Å². The first-order valence-electron chi connectivity index (χ1n) is 45.0. The van der Waals surface area contributed by atoms with Crippen LogP contribution in [0, 0.1) is 0 Å². The Morgan fingerprint density at radius 1 is 0.104 bits per heavy atom. The van der Waals surface area contributed by atoms with E-state index in [1.54, 1.807) is 0 Å². The molecule has 20 aromatic carbocycles. The van der Waals surface area contributed by atoms with Crippen LogP contribution in [0.3, 0.4) is 0 Å². The van der Waals surface area contributed by atoms with Crippen LogP contribution in [-0.4, -0.2) is 44.9 Å². The van der Waals surface area contributed by atoms with Crippen molar-refractivity contribution in [3.63, 3.8) is 0 Å². The topological polar surface area (TPSA) is 155 Å². The third-order valence-electron chi connectivity index (χ3n) is 25.0. The highest BCUT2D eigenvalue weighted by atomic mass is 16.3. The first kappa shape index (κ1) is 80.0. The molecular formula is C123H77N9O3. The van der Waals surface area contributed by atoms with Gasteiger partial charge in [0.2, 0.25) is 0 Å². The lowest BCUT2D eigenvalue weighted by Crippen LogP contribution is -2.00. The maximum Gasteiger partial charge on any atom is 0.164 e. The van der Waals surface area contributed by atoms with Crippen molar-refractivity contribution >= 4 is 98.1 Å². The van der Waals surface area contributed by atoms with Gasteiger partial charge in [-0.05, 0) is 179 Å². The maximum atomic E-state index is 6.23. The highest BCUT2D eigenvalue weighted by Crippen LogP contribution is 2.41. The lowest BCUT2D eigenvalue weighted by atomic mass is 9.99. The Morgan fingerprint density at radius 2 is 0.289 bits per heavy atom. The van der Waals surface area contributed by atoms with Crippen LogP contribution in [0.5, 0.6) is 0 Å². The molecule has 135 heavy (non-hydrogen) atoms. The van der Waals surface area contributed by atoms with E-state index in [9.17, 15) is 0 Å². The van der Waals surface area contributed by atoms with Crippen LogP contribution < -0.4 is 0 Å². The predicted molar refractivity (Wildman–Crippen MR) is 550 cm³/mol. The molecule has 0 radical (unpaired) electrons. The average molecular weight is 1730 g/mol. The largest absolute Gasteiger partial charge is 0.456 e. The molecule has 0 spiro atoms. The van der Waals surface area contributed by atoms with E-state index in [-0.39, 0.29) is 0 Å². The van der Waals surface area contributed by atoms with E-state index in [0.717, 1.165) is 166 Å². The number of aromatic nitrogens is 9. The highest BCUT2D eigenvalue weighted by Gasteiger charge is 2.22. The standard InChI is InChI=1S/2C43H27N3O.C37H23N3O/c1-2-10-28(11-3-1)31-14-8-16-34(25-31)41-44-42(35-17-9-15-32(26-35)33-21-20-29-12-4-5-13-30(29)24-33)46-43(45-41)36-22-23-38-37-18-6-7-19-39(37)47-40(38)27-36;1-2-8-28(9-3-1)30-14-19-32(20-15-30)41-44-42(33-21-16-31(17-22-33)35-23-18-29-10-4-5-11-34(29)26-35)46-43(45-41)36-24-25-38-37-12-6-7-13-39(37)47-40(38)27-36;1-2-9-24(10-3-1)27-13-8-14-28(21-27)35-38-36(29-18-17-25-11-4-5-12-26(25)22-29)40-37(39-35)30-19-20-32-31-15-6-7-16-33(31)41-34(32)23-30/h2*1-27H;1-23H. The molecule has 0 amide bonds. The quantitative estimate of drug-likeness (QED) is 0.102. The molecule has 0 atom stereocenters. The van der Waals surface area contributed by atoms with E-state index < -0.39 is 0 Å². The lowest BCUT2D eigenvalue weighted by molar-refractivity contribution is 0.668. The second-order valence-corrected chi connectivity index (χ2v) is 33.5. The summed E-state index contributed by atoms with van der Waals surface area (Å²) in [4.78, 5) is 45.1. The van der Waals surface area contributed by atoms with Crippen molar-refractivity contribution in [2.75, 3.05) is 0 Å². The molecule has 0 bridgehead atoms. The van der Waals surface area contributed by atoms with Crippen LogP contribution in [0.25, 0.3) is 256 Å². The van der Waals surface area contributed by atoms with Crippen molar-refractivity contribution in [3.8, 4) is 158 Å². The number of fused-ring (bicyclic) bond motifs is 12. The molecule has 0 aliphatic rings. The van der Waals surface area contributed by atoms with Crippen LogP contribution in [0.15, 0.2) is 480 Å². The number of hydrogen-bond acceptors (Lipinski definition) is 12. The van der Waals surface area contributed by atoms with Crippen LogP contribution in [-0.2, 0) is 0 Å². The number of para-hydroxylation sites is 3. The van der Waals surface area contributed by atoms with Gasteiger partial charge in [0.25, 0.3) is 0 Å². The Labute approximate surface area is 776 Å². The normalized spacial score (nSPS) is 11.4. The van der Waals surface area contributed by atoms with Crippen molar-refractivity contribution in [2.45, 2.75) is 0 Å². The smallest absolute Gasteiger partial charge is 0.164 e. The van der Waals surface area contributed by atoms with Crippen molar-refractivity contribution in [2.24, 2.45) is 0 Å². The predicted octanol–water partition coefficient (Wildman–Crippen LogP) is 32.1. The molecule has 0 aliphatic heterocycles. The minimum absolute atomic E-state index is 0.591. The SMILES string of the molecule is c1ccc(-c2ccc(-c3nc(-c4ccc(-c5ccc6ccccc6c5)cc4)nc(-c4ccc5c(c4)oc4ccccc45)n3)cc2)cc1.c1ccc(-c2cccc(-c3nc(-c4ccc5ccccc5c4)nc(-c4ccc5c(c4)oc4ccccc45)n3)c2)cc1.c1ccc(-c2cccc(-c3nc(-c4cccc(-c5ccc6ccccc6c5)c4)nc(-c4ccc5c(c4)oc4ccccc45)n3)c2)cc1. The molecule has 0 fully saturated rings. The third-order valence-corrected chi connectivity index (χ3v) is 25.0. The zero-order valence-electron chi connectivity index (χ0n) is 72.7. The molecule has 12 nitrogen and oxygen atoms in total. The fourth-order valence-electron chi connectivity index (χ4n) is 18.0. The monoisotopic (exact) mass is 1730 g/mol. The molecule has 0 saturated carbocycles. The zero-order chi connectivity index (χ0) is 89.5. The van der Waals surface area contributed by atoms with Crippen molar-refractivity contribution in [1.82, 2.24) is 44.9 Å². The average Bonchev–Trinajstić information content (AvgIpc) is 1.76. The van der Waals surface area contributed by atoms with Crippen LogP contribution in [0.2, 0.25) is 0 Å². The van der Waals surface area contributed by atoms with Gasteiger partial charge in [-0.15, -0.1) is 0 Å². The second kappa shape index (κ2) is 34.9. The zero-order valence-corrected chi connectivity index (χ0v) is 72.7. The number of nitrogens with zero attached hydrogens (tertiary/aromatic N) is 9. The number of rotatable bonds is 14. The summed E-state index contributed by atoms with van der Waals surface area (Å²) in [6, 6.07) is 161. The number of furan rings is 3. The van der Waals surface area contributed by atoms with Crippen molar-refractivity contribution < 1.29 is 13.3 Å². The van der Waals surface area contributed by atoms with E-state index in [2.05, 4.69) is 370 Å².